The van der Waals surface area contributed by atoms with Gasteiger partial charge in [-0.2, -0.15) is 0 Å². The molecule has 0 unspecified atom stereocenters. The van der Waals surface area contributed by atoms with Crippen molar-refractivity contribution < 1.29 is 4.42 Å². The minimum atomic E-state index is 0.628. The molecule has 0 radical (unpaired) electrons. The van der Waals surface area contributed by atoms with Crippen molar-refractivity contribution in [2.45, 2.75) is 13.1 Å². The van der Waals surface area contributed by atoms with E-state index in [1.807, 2.05) is 60.7 Å². The summed E-state index contributed by atoms with van der Waals surface area (Å²) in [5.41, 5.74) is 2.01. The Morgan fingerprint density at radius 3 is 1.39 bits per heavy atom. The summed E-state index contributed by atoms with van der Waals surface area (Å²) in [4.78, 5) is 0. The van der Waals surface area contributed by atoms with Crippen LogP contribution in [-0.2, 0) is 13.1 Å². The van der Waals surface area contributed by atoms with E-state index >= 15 is 0 Å². The fourth-order valence-corrected chi connectivity index (χ4v) is 2.38. The van der Waals surface area contributed by atoms with Crippen molar-refractivity contribution in [3.05, 3.63) is 82.2 Å². The average Bonchev–Trinajstić information content (AvgIpc) is 3.02. The Labute approximate surface area is 145 Å². The lowest BCUT2D eigenvalue weighted by Crippen LogP contribution is -1.99. The van der Waals surface area contributed by atoms with Crippen LogP contribution in [0.1, 0.15) is 11.5 Å². The van der Waals surface area contributed by atoms with Crippen LogP contribution in [-0.4, -0.2) is 0 Å². The first-order valence-electron chi connectivity index (χ1n) is 7.25. The molecule has 0 fully saturated rings. The van der Waals surface area contributed by atoms with Crippen LogP contribution in [0.4, 0.5) is 11.4 Å². The minimum absolute atomic E-state index is 0.628. The smallest absolute Gasteiger partial charge is 0.123 e. The van der Waals surface area contributed by atoms with E-state index < -0.39 is 0 Å². The molecule has 0 amide bonds. The number of furan rings is 1. The van der Waals surface area contributed by atoms with Gasteiger partial charge in [0.05, 0.1) is 13.1 Å². The Morgan fingerprint density at radius 2 is 1.00 bits per heavy atom. The first kappa shape index (κ1) is 15.8. The summed E-state index contributed by atoms with van der Waals surface area (Å²) in [6, 6.07) is 19.1. The molecule has 5 heteroatoms. The number of nitrogens with one attached hydrogen (secondary N) is 2. The van der Waals surface area contributed by atoms with Gasteiger partial charge in [-0.1, -0.05) is 23.2 Å². The van der Waals surface area contributed by atoms with Gasteiger partial charge in [-0.25, -0.2) is 0 Å². The fraction of sp³-hybridized carbons (Fsp3) is 0.111. The SMILES string of the molecule is Clc1ccc(NCc2ccc(CNc3ccc(Cl)cc3)o2)cc1. The van der Waals surface area contributed by atoms with Crippen molar-refractivity contribution in [1.29, 1.82) is 0 Å². The molecule has 0 aliphatic heterocycles. The molecule has 3 nitrogen and oxygen atoms in total. The first-order chi connectivity index (χ1) is 11.2. The van der Waals surface area contributed by atoms with Gasteiger partial charge in [0.25, 0.3) is 0 Å². The lowest BCUT2D eigenvalue weighted by Gasteiger charge is -2.05. The van der Waals surface area contributed by atoms with Gasteiger partial charge in [-0.05, 0) is 60.7 Å². The largest absolute Gasteiger partial charge is 0.462 e. The van der Waals surface area contributed by atoms with E-state index in [1.54, 1.807) is 0 Å². The van der Waals surface area contributed by atoms with Gasteiger partial charge in [0.2, 0.25) is 0 Å². The number of hydrogen-bond donors (Lipinski definition) is 2. The third-order valence-corrected chi connectivity index (χ3v) is 3.84. The van der Waals surface area contributed by atoms with E-state index in [4.69, 9.17) is 27.6 Å². The Bertz CT molecular complexity index is 687. The van der Waals surface area contributed by atoms with Crippen LogP contribution in [0.2, 0.25) is 10.0 Å². The summed E-state index contributed by atoms with van der Waals surface area (Å²) in [5, 5.41) is 8.04. The predicted octanol–water partition coefficient (Wildman–Crippen LogP) is 5.81. The molecule has 3 aromatic rings. The van der Waals surface area contributed by atoms with Gasteiger partial charge >= 0.3 is 0 Å². The van der Waals surface area contributed by atoms with E-state index in [1.165, 1.54) is 0 Å². The van der Waals surface area contributed by atoms with Gasteiger partial charge in [-0.15, -0.1) is 0 Å². The van der Waals surface area contributed by atoms with Gasteiger partial charge in [0, 0.05) is 21.4 Å². The molecule has 0 aliphatic rings. The second kappa shape index (κ2) is 7.44. The number of benzene rings is 2. The second-order valence-electron chi connectivity index (χ2n) is 5.09. The third-order valence-electron chi connectivity index (χ3n) is 3.34. The van der Waals surface area contributed by atoms with Crippen LogP contribution in [0.15, 0.2) is 65.1 Å². The van der Waals surface area contributed by atoms with E-state index in [0.717, 1.165) is 32.9 Å². The molecule has 1 aromatic heterocycles. The highest BCUT2D eigenvalue weighted by molar-refractivity contribution is 6.30. The topological polar surface area (TPSA) is 37.2 Å². The summed E-state index contributed by atoms with van der Waals surface area (Å²) in [5.74, 6) is 1.76. The van der Waals surface area contributed by atoms with Crippen LogP contribution in [0.5, 0.6) is 0 Å². The molecule has 0 atom stereocenters. The van der Waals surface area contributed by atoms with E-state index in [2.05, 4.69) is 10.6 Å². The maximum absolute atomic E-state index is 5.87. The number of hydrogen-bond acceptors (Lipinski definition) is 3. The molecule has 0 bridgehead atoms. The first-order valence-corrected chi connectivity index (χ1v) is 8.01. The Morgan fingerprint density at radius 1 is 0.609 bits per heavy atom. The van der Waals surface area contributed by atoms with Crippen LogP contribution in [0.3, 0.4) is 0 Å². The molecule has 0 aliphatic carbocycles. The molecule has 3 rings (SSSR count). The predicted molar refractivity (Wildman–Crippen MR) is 96.3 cm³/mol. The Hall–Kier alpha value is -2.10. The monoisotopic (exact) mass is 346 g/mol. The zero-order valence-electron chi connectivity index (χ0n) is 12.4. The maximum atomic E-state index is 5.87. The summed E-state index contributed by atoms with van der Waals surface area (Å²) in [7, 11) is 0. The van der Waals surface area contributed by atoms with E-state index in [0.29, 0.717) is 13.1 Å². The molecule has 2 N–H and O–H groups in total. The minimum Gasteiger partial charge on any atom is -0.462 e. The average molecular weight is 347 g/mol. The highest BCUT2D eigenvalue weighted by atomic mass is 35.5. The van der Waals surface area contributed by atoms with Gasteiger partial charge in [-0.3, -0.25) is 0 Å². The van der Waals surface area contributed by atoms with Crippen LogP contribution in [0.25, 0.3) is 0 Å². The molecule has 0 saturated heterocycles. The highest BCUT2D eigenvalue weighted by Gasteiger charge is 2.02. The lowest BCUT2D eigenvalue weighted by atomic mass is 10.3. The molecule has 118 valence electrons. The van der Waals surface area contributed by atoms with E-state index in [9.17, 15) is 0 Å². The van der Waals surface area contributed by atoms with E-state index in [-0.39, 0.29) is 0 Å². The Balaban J connectivity index is 1.51. The number of rotatable bonds is 6. The highest BCUT2D eigenvalue weighted by Crippen LogP contribution is 2.17. The van der Waals surface area contributed by atoms with Crippen LogP contribution < -0.4 is 10.6 Å². The number of halogens is 2. The molecule has 0 saturated carbocycles. The maximum Gasteiger partial charge on any atom is 0.123 e. The van der Waals surface area contributed by atoms with Crippen molar-refractivity contribution in [2.24, 2.45) is 0 Å². The zero-order valence-corrected chi connectivity index (χ0v) is 13.9. The van der Waals surface area contributed by atoms with Crippen molar-refractivity contribution in [2.75, 3.05) is 10.6 Å². The normalized spacial score (nSPS) is 10.5. The number of anilines is 2. The molecule has 0 spiro atoms. The lowest BCUT2D eigenvalue weighted by molar-refractivity contribution is 0.477. The molecule has 1 heterocycles. The molecular formula is C18H16Cl2N2O. The van der Waals surface area contributed by atoms with Crippen molar-refractivity contribution >= 4 is 34.6 Å². The van der Waals surface area contributed by atoms with Gasteiger partial charge in [0.1, 0.15) is 11.5 Å². The standard InChI is InChI=1S/C18H16Cl2N2O/c19-13-1-5-15(6-2-13)21-11-17-9-10-18(23-17)12-22-16-7-3-14(20)4-8-16/h1-10,21-22H,11-12H2. The van der Waals surface area contributed by atoms with Crippen molar-refractivity contribution in [3.63, 3.8) is 0 Å². The summed E-state index contributed by atoms with van der Waals surface area (Å²) in [6.07, 6.45) is 0. The Kier molecular flexibility index (Phi) is 5.11. The zero-order chi connectivity index (χ0) is 16.1. The fourth-order valence-electron chi connectivity index (χ4n) is 2.13. The van der Waals surface area contributed by atoms with Gasteiger partial charge < -0.3 is 15.1 Å². The molecular weight excluding hydrogens is 331 g/mol. The van der Waals surface area contributed by atoms with Crippen molar-refractivity contribution in [1.82, 2.24) is 0 Å². The second-order valence-corrected chi connectivity index (χ2v) is 5.96. The van der Waals surface area contributed by atoms with Crippen LogP contribution >= 0.6 is 23.2 Å². The summed E-state index contributed by atoms with van der Waals surface area (Å²) >= 11 is 11.7. The molecule has 2 aromatic carbocycles. The third kappa shape index (κ3) is 4.68. The van der Waals surface area contributed by atoms with Crippen LogP contribution in [0, 0.1) is 0 Å². The molecule has 23 heavy (non-hydrogen) atoms. The summed E-state index contributed by atoms with van der Waals surface area (Å²) in [6.45, 7) is 1.26. The van der Waals surface area contributed by atoms with Crippen molar-refractivity contribution in [3.8, 4) is 0 Å². The quantitative estimate of drug-likeness (QED) is 0.591. The summed E-state index contributed by atoms with van der Waals surface area (Å²) < 4.78 is 5.80. The van der Waals surface area contributed by atoms with Gasteiger partial charge in [0.15, 0.2) is 0 Å².